The van der Waals surface area contributed by atoms with E-state index in [1.807, 2.05) is 47.6 Å². The standard InChI is InChI=1S/C23H24ClN5O5S.C23H21ClN2O5S.C21H18ClNO6S.C18H19ClN4O4S/c1-16-2-4-17(5-3-16)35(30,31)29-7-6-18(24)22(29)20-14-21(23(34-20)19-15-25-27-26-19)33-13-10-28-8-11-32-12-9-28;1-13-5-7-16(8-6-13)32(28,29)26-10-9-17(24)21(26)18-12-19(30-4)23(31-18)22(27)20-14(2)11-15(3)25-20;1-12-3-5-13(6-4-12)30(26,27)23-10-9-14(22)20(23)17-11-18(28-2)21(29-17)19-15(24)7-8-16(19)25;1-11-3-5-12(6-4-11)28(24,25)23-8-7-13(19)17(23)15-9-16(26-2)18(27-15)14-10-20-22-21-14/h2-7,14H,8-13,15H2,1H3;5-12,25H,1-4H3;3-6,9-11,24H,7-8H2,1-2H3;3-8,15-16,18H,9-10H2,1-2H3. The van der Waals surface area contributed by atoms with Crippen LogP contribution in [-0.2, 0) is 59.1 Å². The van der Waals surface area contributed by atoms with Gasteiger partial charge in [0.25, 0.3) is 40.1 Å². The van der Waals surface area contributed by atoms with Crippen LogP contribution in [0.25, 0.3) is 39.9 Å². The third kappa shape index (κ3) is 18.7. The predicted molar refractivity (Wildman–Crippen MR) is 466 cm³/mol. The summed E-state index contributed by atoms with van der Waals surface area (Å²) in [5.74, 6) is 0.785. The van der Waals surface area contributed by atoms with Crippen LogP contribution in [0.5, 0.6) is 17.2 Å². The van der Waals surface area contributed by atoms with E-state index in [9.17, 15) is 48.4 Å². The maximum absolute atomic E-state index is 13.4. The number of hydrogen-bond donors (Lipinski definition) is 2. The Labute approximate surface area is 739 Å². The lowest BCUT2D eigenvalue weighted by Gasteiger charge is -2.26. The number of morpholine rings is 1. The molecule has 17 rings (SSSR count). The van der Waals surface area contributed by atoms with Crippen molar-refractivity contribution in [1.29, 1.82) is 0 Å². The number of halogens is 4. The number of nitrogens with one attached hydrogen (secondary N) is 1. The van der Waals surface area contributed by atoms with E-state index in [4.69, 9.17) is 88.1 Å². The van der Waals surface area contributed by atoms with Gasteiger partial charge in [0, 0.05) is 94.7 Å². The number of H-pyrrole nitrogens is 1. The molecular formula is C85H82Cl4N12O20S4. The van der Waals surface area contributed by atoms with Crippen LogP contribution >= 0.6 is 46.4 Å². The van der Waals surface area contributed by atoms with Gasteiger partial charge in [-0.1, -0.05) is 117 Å². The molecule has 2 saturated heterocycles. The average Bonchev–Trinajstić information content (AvgIpc) is 1.63. The molecule has 654 valence electrons. The largest absolute Gasteiger partial charge is 0.511 e. The van der Waals surface area contributed by atoms with E-state index in [1.165, 1.54) is 97.6 Å². The average molecular weight is 1860 g/mol. The minimum absolute atomic E-state index is 0.0359. The summed E-state index contributed by atoms with van der Waals surface area (Å²) >= 11 is 25.5. The molecule has 3 atom stereocenters. The number of aromatic amines is 1. The summed E-state index contributed by atoms with van der Waals surface area (Å²) in [7, 11) is -11.3. The van der Waals surface area contributed by atoms with Crippen molar-refractivity contribution in [3.63, 3.8) is 0 Å². The third-order valence-electron chi connectivity index (χ3n) is 20.7. The van der Waals surface area contributed by atoms with Gasteiger partial charge in [0.05, 0.1) is 90.3 Å². The first kappa shape index (κ1) is 90.0. The highest BCUT2D eigenvalue weighted by Gasteiger charge is 2.44. The van der Waals surface area contributed by atoms with Gasteiger partial charge >= 0.3 is 0 Å². The first-order valence-corrected chi connectivity index (χ1v) is 45.9. The number of Topliss-reactive ketones (excluding diaryl/α,β-unsaturated/α-hetero) is 1. The molecule has 12 heterocycles. The number of ketones is 2. The van der Waals surface area contributed by atoms with Crippen molar-refractivity contribution in [1.82, 2.24) is 25.8 Å². The molecule has 0 bridgehead atoms. The summed E-state index contributed by atoms with van der Waals surface area (Å²) < 4.78 is 162. The molecule has 3 unspecified atom stereocenters. The Morgan fingerprint density at radius 2 is 0.984 bits per heavy atom. The summed E-state index contributed by atoms with van der Waals surface area (Å²) in [4.78, 5) is 31.1. The fourth-order valence-electron chi connectivity index (χ4n) is 14.2. The second-order valence-corrected chi connectivity index (χ2v) is 38.1. The maximum Gasteiger partial charge on any atom is 0.268 e. The number of aliphatic hydroxyl groups is 1. The van der Waals surface area contributed by atoms with Crippen molar-refractivity contribution in [2.24, 2.45) is 30.9 Å². The van der Waals surface area contributed by atoms with Crippen LogP contribution in [0.15, 0.2) is 240 Å². The lowest BCUT2D eigenvalue weighted by molar-refractivity contribution is -0.113. The van der Waals surface area contributed by atoms with E-state index >= 15 is 0 Å². The molecule has 0 radical (unpaired) electrons. The molecule has 8 aromatic heterocycles. The van der Waals surface area contributed by atoms with Crippen LogP contribution in [0.3, 0.4) is 0 Å². The number of hydrogen-bond acceptors (Lipinski definition) is 27. The number of carbonyl (C=O) groups excluding carboxylic acids is 2. The second kappa shape index (κ2) is 37.5. The van der Waals surface area contributed by atoms with Gasteiger partial charge in [0.2, 0.25) is 11.5 Å². The zero-order chi connectivity index (χ0) is 89.1. The molecule has 2 N–H and O–H groups in total. The second-order valence-electron chi connectivity index (χ2n) is 29.2. The van der Waals surface area contributed by atoms with E-state index in [2.05, 4.69) is 40.8 Å². The SMILES string of the molecule is COC1CC(c2c(Cl)ccn2S(=O)(=O)c2ccc(C)cc2)OC1C1=NN=NC1.COc1cc(-c2c(Cl)ccn2S(=O)(=O)c2ccc(C)cc2)oc1C(=O)c1[nH]c(C)cc1C.COc1cc(-c2c(Cl)ccn2S(=O)(=O)c2ccc(C)cc2)oc1C1=C(O)CCC1=O.Cc1ccc(S(=O)(=O)n2ccc(Cl)c2-c2cc(OCCN3CCOCC3)c(C3=NN=NC3)o2)cc1. The van der Waals surface area contributed by atoms with E-state index in [-0.39, 0.29) is 135 Å². The summed E-state index contributed by atoms with van der Waals surface area (Å²) in [6.07, 6.45) is 5.04. The Morgan fingerprint density at radius 3 is 1.42 bits per heavy atom. The van der Waals surface area contributed by atoms with Crippen molar-refractivity contribution in [2.75, 3.05) is 73.9 Å². The Morgan fingerprint density at radius 1 is 0.536 bits per heavy atom. The summed E-state index contributed by atoms with van der Waals surface area (Å²) in [6.45, 7) is 16.0. The molecule has 40 heteroatoms. The number of allylic oxidation sites excluding steroid dienone is 2. The van der Waals surface area contributed by atoms with Crippen molar-refractivity contribution >= 4 is 115 Å². The number of aromatic nitrogens is 5. The highest BCUT2D eigenvalue weighted by atomic mass is 35.5. The minimum Gasteiger partial charge on any atom is -0.511 e. The molecule has 32 nitrogen and oxygen atoms in total. The highest BCUT2D eigenvalue weighted by Crippen LogP contribution is 2.46. The molecule has 2 fully saturated rings. The van der Waals surface area contributed by atoms with E-state index in [1.54, 1.807) is 92.0 Å². The molecule has 0 spiro atoms. The molecule has 1 aliphatic carbocycles. The van der Waals surface area contributed by atoms with Crippen molar-refractivity contribution < 1.29 is 90.0 Å². The molecular weight excluding hydrogens is 1780 g/mol. The Balaban J connectivity index is 0.000000136. The Hall–Kier alpha value is -11.3. The lowest BCUT2D eigenvalue weighted by atomic mass is 10.1. The summed E-state index contributed by atoms with van der Waals surface area (Å²) in [5, 5.41) is 34.0. The molecule has 4 aromatic carbocycles. The van der Waals surface area contributed by atoms with Gasteiger partial charge in [-0.3, -0.25) is 14.5 Å². The van der Waals surface area contributed by atoms with Gasteiger partial charge in [0.1, 0.15) is 66.0 Å². The van der Waals surface area contributed by atoms with Crippen molar-refractivity contribution in [3.05, 3.63) is 258 Å². The highest BCUT2D eigenvalue weighted by molar-refractivity contribution is 7.91. The molecule has 125 heavy (non-hydrogen) atoms. The molecule has 12 aromatic rings. The number of furan rings is 3. The van der Waals surface area contributed by atoms with Gasteiger partial charge in [-0.15, -0.1) is 10.2 Å². The molecule has 4 aliphatic heterocycles. The van der Waals surface area contributed by atoms with Crippen LogP contribution < -0.4 is 14.2 Å². The van der Waals surface area contributed by atoms with Crippen molar-refractivity contribution in [3.8, 4) is 51.6 Å². The smallest absolute Gasteiger partial charge is 0.268 e. The van der Waals surface area contributed by atoms with Crippen LogP contribution in [0.4, 0.5) is 0 Å². The third-order valence-corrected chi connectivity index (χ3v) is 28.7. The van der Waals surface area contributed by atoms with Gasteiger partial charge < -0.3 is 51.8 Å². The van der Waals surface area contributed by atoms with Crippen LogP contribution in [-0.4, -0.2) is 174 Å². The number of nitrogens with zero attached hydrogens (tertiary/aromatic N) is 11. The van der Waals surface area contributed by atoms with Gasteiger partial charge in [-0.2, -0.15) is 10.2 Å². The quantitative estimate of drug-likeness (QED) is 0.0531. The fourth-order valence-corrected chi connectivity index (χ4v) is 20.9. The van der Waals surface area contributed by atoms with E-state index in [0.717, 1.165) is 58.5 Å². The first-order valence-electron chi connectivity index (χ1n) is 38.6. The fraction of sp³-hybridized carbons (Fsp3) is 0.271. The van der Waals surface area contributed by atoms with Crippen LogP contribution in [0, 0.1) is 41.5 Å². The number of rotatable bonds is 24. The minimum atomic E-state index is -3.96. The summed E-state index contributed by atoms with van der Waals surface area (Å²) in [5.41, 5.74) is 7.70. The van der Waals surface area contributed by atoms with Crippen LogP contribution in [0.1, 0.15) is 92.3 Å². The molecule has 5 aliphatic rings. The van der Waals surface area contributed by atoms with Crippen molar-refractivity contribution in [2.45, 2.75) is 98.7 Å². The number of ether oxygens (including phenoxy) is 6. The monoisotopic (exact) mass is 1860 g/mol. The lowest BCUT2D eigenvalue weighted by Crippen LogP contribution is -2.38. The zero-order valence-electron chi connectivity index (χ0n) is 68.4. The van der Waals surface area contributed by atoms with Crippen LogP contribution in [0.2, 0.25) is 20.1 Å². The Bertz CT molecular complexity index is 6730. The summed E-state index contributed by atoms with van der Waals surface area (Å²) in [6, 6.07) is 38.5. The van der Waals surface area contributed by atoms with Gasteiger partial charge in [-0.25, -0.2) is 49.6 Å². The number of benzene rings is 4. The van der Waals surface area contributed by atoms with Gasteiger partial charge in [0.15, 0.2) is 51.8 Å². The first-order chi connectivity index (χ1) is 59.7. The normalized spacial score (nSPS) is 16.6. The number of aliphatic hydroxyl groups excluding tert-OH is 1. The van der Waals surface area contributed by atoms with Gasteiger partial charge in [-0.05, 0) is 136 Å². The molecule has 0 amide bonds. The number of aryl methyl sites for hydroxylation is 6. The van der Waals surface area contributed by atoms with E-state index in [0.29, 0.717) is 78.7 Å². The Kier molecular flexibility index (Phi) is 27.0. The predicted octanol–water partition coefficient (Wildman–Crippen LogP) is 16.9. The molecule has 0 saturated carbocycles. The zero-order valence-corrected chi connectivity index (χ0v) is 74.7. The maximum atomic E-state index is 13.4. The topological polar surface area (TPSA) is 399 Å². The number of carbonyl (C=O) groups is 2. The number of methoxy groups -OCH3 is 3. The van der Waals surface area contributed by atoms with E-state index < -0.39 is 58.1 Å².